The van der Waals surface area contributed by atoms with Crippen LogP contribution in [0.3, 0.4) is 0 Å². The molecule has 1 heterocycles. The average Bonchev–Trinajstić information content (AvgIpc) is 2.58. The zero-order valence-electron chi connectivity index (χ0n) is 17.1. The van der Waals surface area contributed by atoms with Gasteiger partial charge in [0.25, 0.3) is 5.91 Å². The normalized spacial score (nSPS) is 18.8. The van der Waals surface area contributed by atoms with Gasteiger partial charge in [-0.25, -0.2) is 0 Å². The van der Waals surface area contributed by atoms with Gasteiger partial charge in [-0.05, 0) is 64.8 Å². The van der Waals surface area contributed by atoms with Gasteiger partial charge in [-0.3, -0.25) is 4.79 Å². The van der Waals surface area contributed by atoms with E-state index in [4.69, 9.17) is 9.47 Å². The average molecular weight is 367 g/mol. The number of ether oxygens (including phenoxy) is 2. The van der Waals surface area contributed by atoms with E-state index < -0.39 is 6.10 Å². The first-order chi connectivity index (χ1) is 12.6. The van der Waals surface area contributed by atoms with Crippen LogP contribution in [-0.4, -0.2) is 17.6 Å². The number of fused-ring (bicyclic) bond motifs is 1. The molecule has 1 aliphatic heterocycles. The Morgan fingerprint density at radius 1 is 1.15 bits per heavy atom. The minimum Gasteiger partial charge on any atom is -0.487 e. The molecule has 144 valence electrons. The number of hydrogen-bond acceptors (Lipinski definition) is 3. The number of carbonyl (C=O) groups excluding carboxylic acids is 1. The zero-order valence-corrected chi connectivity index (χ0v) is 17.1. The highest BCUT2D eigenvalue weighted by molar-refractivity contribution is 5.81. The number of nitrogens with one attached hydrogen (secondary N) is 1. The summed E-state index contributed by atoms with van der Waals surface area (Å²) in [5.41, 5.74) is 3.97. The van der Waals surface area contributed by atoms with E-state index in [1.54, 1.807) is 6.92 Å². The first kappa shape index (κ1) is 19.3. The molecule has 0 aliphatic carbocycles. The zero-order chi connectivity index (χ0) is 19.8. The van der Waals surface area contributed by atoms with Crippen LogP contribution < -0.4 is 14.8 Å². The van der Waals surface area contributed by atoms with E-state index >= 15 is 0 Å². The maximum absolute atomic E-state index is 12.8. The first-order valence-corrected chi connectivity index (χ1v) is 9.48. The quantitative estimate of drug-likeness (QED) is 0.844. The van der Waals surface area contributed by atoms with E-state index in [2.05, 4.69) is 11.4 Å². The summed E-state index contributed by atoms with van der Waals surface area (Å²) in [7, 11) is 0. The second-order valence-corrected chi connectivity index (χ2v) is 8.20. The van der Waals surface area contributed by atoms with Crippen molar-refractivity contribution in [1.82, 2.24) is 5.32 Å². The van der Waals surface area contributed by atoms with Crippen molar-refractivity contribution in [3.8, 4) is 11.5 Å². The van der Waals surface area contributed by atoms with E-state index in [0.29, 0.717) is 6.42 Å². The molecule has 0 fully saturated rings. The summed E-state index contributed by atoms with van der Waals surface area (Å²) in [4.78, 5) is 12.8. The maximum atomic E-state index is 12.8. The molecule has 2 aromatic rings. The molecule has 2 unspecified atom stereocenters. The van der Waals surface area contributed by atoms with Gasteiger partial charge >= 0.3 is 0 Å². The predicted octanol–water partition coefficient (Wildman–Crippen LogP) is 4.80. The molecule has 1 N–H and O–H groups in total. The summed E-state index contributed by atoms with van der Waals surface area (Å²) in [5, 5.41) is 3.17. The highest BCUT2D eigenvalue weighted by Gasteiger charge is 2.35. The van der Waals surface area contributed by atoms with Gasteiger partial charge in [0.05, 0.1) is 6.04 Å². The molecule has 0 bridgehead atoms. The summed E-state index contributed by atoms with van der Waals surface area (Å²) < 4.78 is 12.0. The Morgan fingerprint density at radius 3 is 2.56 bits per heavy atom. The molecule has 4 heteroatoms. The van der Waals surface area contributed by atoms with Crippen molar-refractivity contribution < 1.29 is 14.3 Å². The van der Waals surface area contributed by atoms with E-state index in [1.165, 1.54) is 0 Å². The van der Waals surface area contributed by atoms with Crippen molar-refractivity contribution in [2.75, 3.05) is 0 Å². The molecule has 0 radical (unpaired) electrons. The lowest BCUT2D eigenvalue weighted by Gasteiger charge is -2.38. The SMILES string of the molecule is Cc1ccc(C)c(OC(C)C(=O)NC2CC(C)(C)Oc3ccc(C)cc32)c1. The second-order valence-electron chi connectivity index (χ2n) is 8.20. The largest absolute Gasteiger partial charge is 0.487 e. The Kier molecular flexibility index (Phi) is 5.18. The topological polar surface area (TPSA) is 47.6 Å². The van der Waals surface area contributed by atoms with Crippen LogP contribution in [0.4, 0.5) is 0 Å². The highest BCUT2D eigenvalue weighted by Crippen LogP contribution is 2.40. The molecule has 0 saturated heterocycles. The summed E-state index contributed by atoms with van der Waals surface area (Å²) in [6, 6.07) is 12.0. The minimum absolute atomic E-state index is 0.0965. The molecule has 3 rings (SSSR count). The fraction of sp³-hybridized carbons (Fsp3) is 0.435. The molecule has 0 spiro atoms. The van der Waals surface area contributed by atoms with Crippen molar-refractivity contribution in [3.63, 3.8) is 0 Å². The summed E-state index contributed by atoms with van der Waals surface area (Å²) in [5.74, 6) is 1.47. The van der Waals surface area contributed by atoms with Crippen LogP contribution in [0.5, 0.6) is 11.5 Å². The third kappa shape index (κ3) is 4.44. The molecule has 0 saturated carbocycles. The van der Waals surface area contributed by atoms with Crippen LogP contribution in [0.25, 0.3) is 0 Å². The van der Waals surface area contributed by atoms with Gasteiger partial charge in [0.15, 0.2) is 6.10 Å². The van der Waals surface area contributed by atoms with Crippen LogP contribution >= 0.6 is 0 Å². The smallest absolute Gasteiger partial charge is 0.261 e. The van der Waals surface area contributed by atoms with Crippen molar-refractivity contribution in [2.45, 2.75) is 65.7 Å². The standard InChI is InChI=1S/C23H29NO3/c1-14-8-10-20-18(11-14)19(13-23(5,6)27-20)24-22(25)17(4)26-21-12-15(2)7-9-16(21)3/h7-12,17,19H,13H2,1-6H3,(H,24,25). The number of hydrogen-bond donors (Lipinski definition) is 1. The Labute approximate surface area is 161 Å². The Morgan fingerprint density at radius 2 is 1.81 bits per heavy atom. The van der Waals surface area contributed by atoms with Crippen LogP contribution in [0.15, 0.2) is 36.4 Å². The van der Waals surface area contributed by atoms with Crippen LogP contribution in [0.2, 0.25) is 0 Å². The van der Waals surface area contributed by atoms with Crippen molar-refractivity contribution in [3.05, 3.63) is 58.7 Å². The fourth-order valence-corrected chi connectivity index (χ4v) is 3.47. The number of aryl methyl sites for hydroxylation is 3. The van der Waals surface area contributed by atoms with Crippen LogP contribution in [0, 0.1) is 20.8 Å². The van der Waals surface area contributed by atoms with Gasteiger partial charge in [-0.15, -0.1) is 0 Å². The fourth-order valence-electron chi connectivity index (χ4n) is 3.47. The van der Waals surface area contributed by atoms with Gasteiger partial charge in [-0.1, -0.05) is 29.8 Å². The lowest BCUT2D eigenvalue weighted by atomic mass is 9.89. The minimum atomic E-state index is -0.579. The summed E-state index contributed by atoms with van der Waals surface area (Å²) in [6.45, 7) is 11.9. The van der Waals surface area contributed by atoms with E-state index in [9.17, 15) is 4.79 Å². The van der Waals surface area contributed by atoms with Gasteiger partial charge in [0.2, 0.25) is 0 Å². The van der Waals surface area contributed by atoms with Gasteiger partial charge < -0.3 is 14.8 Å². The molecule has 4 nitrogen and oxygen atoms in total. The lowest BCUT2D eigenvalue weighted by molar-refractivity contribution is -0.128. The summed E-state index contributed by atoms with van der Waals surface area (Å²) in [6.07, 6.45) is 0.135. The highest BCUT2D eigenvalue weighted by atomic mass is 16.5. The molecule has 0 aromatic heterocycles. The maximum Gasteiger partial charge on any atom is 0.261 e. The summed E-state index contributed by atoms with van der Waals surface area (Å²) >= 11 is 0. The first-order valence-electron chi connectivity index (χ1n) is 9.48. The Balaban J connectivity index is 1.77. The van der Waals surface area contributed by atoms with Crippen molar-refractivity contribution >= 4 is 5.91 Å². The molecule has 2 aromatic carbocycles. The molecule has 1 amide bonds. The monoisotopic (exact) mass is 367 g/mol. The number of amides is 1. The predicted molar refractivity (Wildman–Crippen MR) is 107 cm³/mol. The molecular formula is C23H29NO3. The number of carbonyl (C=O) groups is 1. The van der Waals surface area contributed by atoms with Gasteiger partial charge in [0, 0.05) is 12.0 Å². The van der Waals surface area contributed by atoms with E-state index in [-0.39, 0.29) is 17.6 Å². The molecule has 2 atom stereocenters. The number of benzene rings is 2. The third-order valence-corrected chi connectivity index (χ3v) is 4.96. The third-order valence-electron chi connectivity index (χ3n) is 4.96. The van der Waals surface area contributed by atoms with E-state index in [0.717, 1.165) is 33.8 Å². The van der Waals surface area contributed by atoms with Crippen molar-refractivity contribution in [1.29, 1.82) is 0 Å². The number of rotatable bonds is 4. The molecule has 1 aliphatic rings. The van der Waals surface area contributed by atoms with Crippen molar-refractivity contribution in [2.24, 2.45) is 0 Å². The van der Waals surface area contributed by atoms with Gasteiger partial charge in [-0.2, -0.15) is 0 Å². The Hall–Kier alpha value is -2.49. The molecular weight excluding hydrogens is 338 g/mol. The second kappa shape index (κ2) is 7.26. The van der Waals surface area contributed by atoms with Crippen LogP contribution in [-0.2, 0) is 4.79 Å². The van der Waals surface area contributed by atoms with Crippen LogP contribution in [0.1, 0.15) is 55.5 Å². The van der Waals surface area contributed by atoms with Gasteiger partial charge in [0.1, 0.15) is 17.1 Å². The van der Waals surface area contributed by atoms with E-state index in [1.807, 2.05) is 65.0 Å². The lowest BCUT2D eigenvalue weighted by Crippen LogP contribution is -2.44. The molecule has 27 heavy (non-hydrogen) atoms. The Bertz CT molecular complexity index is 857.